The number of aldehydes is 1. The average Bonchev–Trinajstić information content (AvgIpc) is 2.71. The molecule has 0 aliphatic rings. The van der Waals surface area contributed by atoms with Crippen LogP contribution in [0, 0.1) is 5.82 Å². The minimum Gasteiger partial charge on any atom is -0.365 e. The Kier molecular flexibility index (Phi) is 6.20. The number of nitrogens with two attached hydrogens (primary N) is 1. The van der Waals surface area contributed by atoms with E-state index in [1.54, 1.807) is 12.1 Å². The Morgan fingerprint density at radius 1 is 1.21 bits per heavy atom. The fraction of sp³-hybridized carbons (Fsp3) is 0.111. The lowest BCUT2D eigenvalue weighted by atomic mass is 10.1. The van der Waals surface area contributed by atoms with Crippen molar-refractivity contribution in [2.75, 3.05) is 11.6 Å². The second-order valence-electron chi connectivity index (χ2n) is 5.85. The number of sulfonamides is 1. The second kappa shape index (κ2) is 8.64. The van der Waals surface area contributed by atoms with Gasteiger partial charge in [0.05, 0.1) is 11.3 Å². The molecule has 0 spiro atoms. The zero-order chi connectivity index (χ0) is 21.0. The minimum atomic E-state index is -4.18. The summed E-state index contributed by atoms with van der Waals surface area (Å²) in [6.07, 6.45) is 5.45. The van der Waals surface area contributed by atoms with Crippen LogP contribution in [0.4, 0.5) is 10.2 Å². The quantitative estimate of drug-likeness (QED) is 0.330. The third-order valence-corrected chi connectivity index (χ3v) is 5.43. The van der Waals surface area contributed by atoms with Crippen molar-refractivity contribution in [3.63, 3.8) is 0 Å². The third-order valence-electron chi connectivity index (χ3n) is 3.93. The maximum Gasteiger partial charge on any atom is 0.240 e. The topological polar surface area (TPSA) is 128 Å². The second-order valence-corrected chi connectivity index (χ2v) is 8.15. The number of nitrogens with zero attached hydrogens (tertiary/aromatic N) is 3. The predicted molar refractivity (Wildman–Crippen MR) is 108 cm³/mol. The number of aromatic nitrogens is 3. The Labute approximate surface area is 170 Å². The first kappa shape index (κ1) is 20.8. The van der Waals surface area contributed by atoms with Gasteiger partial charge in [0, 0.05) is 24.5 Å². The van der Waals surface area contributed by atoms with Crippen molar-refractivity contribution in [1.29, 1.82) is 0 Å². The Bertz CT molecular complexity index is 1150. The Hall–Kier alpha value is -2.89. The van der Waals surface area contributed by atoms with Gasteiger partial charge in [0.2, 0.25) is 10.0 Å². The molecular formula is C18H16FN5O3S2. The van der Waals surface area contributed by atoms with Crippen LogP contribution in [0.25, 0.3) is 11.3 Å². The van der Waals surface area contributed by atoms with Gasteiger partial charge < -0.3 is 5.32 Å². The van der Waals surface area contributed by atoms with Gasteiger partial charge in [-0.05, 0) is 30.0 Å². The SMILES string of the molecule is CSc1ncc(C=O)c(NCc2ccc(-c3cccc(S(N)(=O)=O)c3F)nc2)n1. The van der Waals surface area contributed by atoms with Crippen molar-refractivity contribution in [2.45, 2.75) is 16.6 Å². The lowest BCUT2D eigenvalue weighted by Gasteiger charge is -2.10. The maximum atomic E-state index is 14.5. The lowest BCUT2D eigenvalue weighted by molar-refractivity contribution is 0.112. The van der Waals surface area contributed by atoms with Crippen LogP contribution in [0.15, 0.2) is 52.8 Å². The molecule has 150 valence electrons. The summed E-state index contributed by atoms with van der Waals surface area (Å²) < 4.78 is 37.5. The zero-order valence-electron chi connectivity index (χ0n) is 15.2. The van der Waals surface area contributed by atoms with Gasteiger partial charge in [-0.25, -0.2) is 27.9 Å². The van der Waals surface area contributed by atoms with Crippen molar-refractivity contribution in [2.24, 2.45) is 5.14 Å². The van der Waals surface area contributed by atoms with Crippen molar-refractivity contribution >= 4 is 33.9 Å². The largest absolute Gasteiger partial charge is 0.365 e. The zero-order valence-corrected chi connectivity index (χ0v) is 16.8. The summed E-state index contributed by atoms with van der Waals surface area (Å²) >= 11 is 1.35. The van der Waals surface area contributed by atoms with Gasteiger partial charge in [0.1, 0.15) is 10.7 Å². The summed E-state index contributed by atoms with van der Waals surface area (Å²) in [5, 5.41) is 8.61. The van der Waals surface area contributed by atoms with Crippen LogP contribution in [-0.2, 0) is 16.6 Å². The van der Waals surface area contributed by atoms with Crippen LogP contribution in [0.2, 0.25) is 0 Å². The van der Waals surface area contributed by atoms with Crippen molar-refractivity contribution in [3.05, 3.63) is 59.7 Å². The van der Waals surface area contributed by atoms with Crippen molar-refractivity contribution in [1.82, 2.24) is 15.0 Å². The molecule has 2 heterocycles. The molecule has 1 aromatic carbocycles. The Balaban J connectivity index is 1.81. The number of rotatable bonds is 7. The molecule has 0 aliphatic heterocycles. The standard InChI is InChI=1S/C18H16FN5O3S2/c1-28-18-23-9-12(10-25)17(24-18)22-8-11-5-6-14(21-7-11)13-3-2-4-15(16(13)19)29(20,26)27/h2-7,9-10H,8H2,1H3,(H2,20,26,27)(H,22,23,24). The van der Waals surface area contributed by atoms with E-state index < -0.39 is 20.7 Å². The van der Waals surface area contributed by atoms with E-state index in [-0.39, 0.29) is 11.3 Å². The van der Waals surface area contributed by atoms with E-state index in [9.17, 15) is 17.6 Å². The highest BCUT2D eigenvalue weighted by Crippen LogP contribution is 2.25. The molecule has 2 aromatic heterocycles. The highest BCUT2D eigenvalue weighted by atomic mass is 32.2. The van der Waals surface area contributed by atoms with Crippen LogP contribution in [-0.4, -0.2) is 35.9 Å². The van der Waals surface area contributed by atoms with Crippen LogP contribution in [0.3, 0.4) is 0 Å². The van der Waals surface area contributed by atoms with Gasteiger partial charge >= 0.3 is 0 Å². The van der Waals surface area contributed by atoms with Gasteiger partial charge in [-0.15, -0.1) is 0 Å². The van der Waals surface area contributed by atoms with E-state index in [0.717, 1.165) is 11.6 Å². The first-order valence-corrected chi connectivity index (χ1v) is 11.0. The molecular weight excluding hydrogens is 417 g/mol. The molecule has 3 aromatic rings. The first-order valence-electron chi connectivity index (χ1n) is 8.20. The number of carbonyl (C=O) groups excluding carboxylic acids is 1. The van der Waals surface area contributed by atoms with E-state index in [4.69, 9.17) is 5.14 Å². The Morgan fingerprint density at radius 3 is 2.62 bits per heavy atom. The number of carbonyl (C=O) groups is 1. The number of anilines is 1. The number of hydrogen-bond donors (Lipinski definition) is 2. The molecule has 29 heavy (non-hydrogen) atoms. The van der Waals surface area contributed by atoms with Crippen molar-refractivity contribution < 1.29 is 17.6 Å². The van der Waals surface area contributed by atoms with E-state index in [1.165, 1.54) is 36.3 Å². The molecule has 11 heteroatoms. The molecule has 0 saturated carbocycles. The molecule has 0 atom stereocenters. The fourth-order valence-electron chi connectivity index (χ4n) is 2.50. The van der Waals surface area contributed by atoms with Gasteiger partial charge in [0.25, 0.3) is 0 Å². The number of thioether (sulfide) groups is 1. The average molecular weight is 433 g/mol. The molecule has 0 radical (unpaired) electrons. The van der Waals surface area contributed by atoms with Crippen molar-refractivity contribution in [3.8, 4) is 11.3 Å². The highest BCUT2D eigenvalue weighted by Gasteiger charge is 2.18. The summed E-state index contributed by atoms with van der Waals surface area (Å²) in [6, 6.07) is 7.19. The van der Waals surface area contributed by atoms with Gasteiger partial charge in [0.15, 0.2) is 17.3 Å². The number of pyridine rings is 1. The summed E-state index contributed by atoms with van der Waals surface area (Å²) in [5.41, 5.74) is 1.36. The summed E-state index contributed by atoms with van der Waals surface area (Å²) in [5.74, 6) is -0.551. The number of benzene rings is 1. The maximum absolute atomic E-state index is 14.5. The molecule has 8 nitrogen and oxygen atoms in total. The molecule has 0 bridgehead atoms. The number of nitrogens with one attached hydrogen (secondary N) is 1. The molecule has 3 N–H and O–H groups in total. The van der Waals surface area contributed by atoms with Gasteiger partial charge in [-0.2, -0.15) is 0 Å². The predicted octanol–water partition coefficient (Wildman–Crippen LogP) is 2.47. The third kappa shape index (κ3) is 4.75. The van der Waals surface area contributed by atoms with E-state index in [0.29, 0.717) is 29.4 Å². The van der Waals surface area contributed by atoms with Crippen LogP contribution in [0.5, 0.6) is 0 Å². The first-order chi connectivity index (χ1) is 13.8. The molecule has 0 fully saturated rings. The van der Waals surface area contributed by atoms with E-state index in [2.05, 4.69) is 20.3 Å². The number of primary sulfonamides is 1. The smallest absolute Gasteiger partial charge is 0.240 e. The fourth-order valence-corrected chi connectivity index (χ4v) is 3.47. The van der Waals surface area contributed by atoms with Crippen LogP contribution in [0.1, 0.15) is 15.9 Å². The summed E-state index contributed by atoms with van der Waals surface area (Å²) in [6.45, 7) is 0.318. The lowest BCUT2D eigenvalue weighted by Crippen LogP contribution is -2.14. The van der Waals surface area contributed by atoms with E-state index in [1.807, 2.05) is 6.26 Å². The summed E-state index contributed by atoms with van der Waals surface area (Å²) in [4.78, 5) is 23.1. The van der Waals surface area contributed by atoms with E-state index >= 15 is 0 Å². The molecule has 0 amide bonds. The normalized spacial score (nSPS) is 11.3. The monoisotopic (exact) mass is 433 g/mol. The van der Waals surface area contributed by atoms with Gasteiger partial charge in [-0.1, -0.05) is 23.9 Å². The van der Waals surface area contributed by atoms with Crippen LogP contribution < -0.4 is 10.5 Å². The summed E-state index contributed by atoms with van der Waals surface area (Å²) in [7, 11) is -4.18. The highest BCUT2D eigenvalue weighted by molar-refractivity contribution is 7.98. The number of halogens is 1. The molecule has 0 unspecified atom stereocenters. The number of hydrogen-bond acceptors (Lipinski definition) is 8. The molecule has 0 saturated heterocycles. The molecule has 0 aliphatic carbocycles. The van der Waals surface area contributed by atoms with Crippen LogP contribution >= 0.6 is 11.8 Å². The minimum absolute atomic E-state index is 0.0275. The van der Waals surface area contributed by atoms with Gasteiger partial charge in [-0.3, -0.25) is 9.78 Å². The molecule has 3 rings (SSSR count). The Morgan fingerprint density at radius 2 is 2.00 bits per heavy atom.